The molecule has 1 saturated heterocycles. The van der Waals surface area contributed by atoms with Crippen LogP contribution in [0.25, 0.3) is 0 Å². The Labute approximate surface area is 117 Å². The molecular formula is C14H20BrNO2. The lowest BCUT2D eigenvalue weighted by Gasteiger charge is -2.39. The molecule has 0 aromatic heterocycles. The zero-order valence-corrected chi connectivity index (χ0v) is 12.6. The maximum Gasteiger partial charge on any atom is 0.120 e. The molecule has 0 bridgehead atoms. The Balaban J connectivity index is 2.19. The minimum Gasteiger partial charge on any atom is -0.508 e. The van der Waals surface area contributed by atoms with Gasteiger partial charge < -0.3 is 9.84 Å². The summed E-state index contributed by atoms with van der Waals surface area (Å²) in [5, 5.41) is 9.99. The van der Waals surface area contributed by atoms with Crippen molar-refractivity contribution in [1.82, 2.24) is 4.90 Å². The predicted molar refractivity (Wildman–Crippen MR) is 75.8 cm³/mol. The van der Waals surface area contributed by atoms with Gasteiger partial charge in [0.25, 0.3) is 0 Å². The highest BCUT2D eigenvalue weighted by atomic mass is 79.9. The molecule has 1 heterocycles. The molecule has 0 saturated carbocycles. The van der Waals surface area contributed by atoms with Crippen LogP contribution in [0.15, 0.2) is 22.7 Å². The molecular weight excluding hydrogens is 294 g/mol. The van der Waals surface area contributed by atoms with Gasteiger partial charge >= 0.3 is 0 Å². The van der Waals surface area contributed by atoms with Crippen LogP contribution in [0.4, 0.5) is 0 Å². The zero-order chi connectivity index (χ0) is 13.3. The van der Waals surface area contributed by atoms with Gasteiger partial charge in [0.05, 0.1) is 12.2 Å². The van der Waals surface area contributed by atoms with E-state index >= 15 is 0 Å². The van der Waals surface area contributed by atoms with Crippen molar-refractivity contribution in [2.24, 2.45) is 0 Å². The quantitative estimate of drug-likeness (QED) is 0.909. The average Bonchev–Trinajstić information content (AvgIpc) is 2.30. The summed E-state index contributed by atoms with van der Waals surface area (Å²) in [4.78, 5) is 2.36. The zero-order valence-electron chi connectivity index (χ0n) is 11.1. The van der Waals surface area contributed by atoms with Crippen LogP contribution in [0.2, 0.25) is 0 Å². The molecule has 3 nitrogen and oxygen atoms in total. The highest BCUT2D eigenvalue weighted by Gasteiger charge is 2.27. The third-order valence-electron chi connectivity index (χ3n) is 3.44. The molecule has 1 unspecified atom stereocenters. The molecule has 0 amide bonds. The number of ether oxygens (including phenoxy) is 1. The van der Waals surface area contributed by atoms with Crippen LogP contribution in [0.3, 0.4) is 0 Å². The number of rotatable bonds is 2. The van der Waals surface area contributed by atoms with E-state index in [-0.39, 0.29) is 18.2 Å². The van der Waals surface area contributed by atoms with Gasteiger partial charge in [0.2, 0.25) is 0 Å². The summed E-state index contributed by atoms with van der Waals surface area (Å²) in [6.07, 6.45) is 0.482. The van der Waals surface area contributed by atoms with Crippen LogP contribution in [0.5, 0.6) is 5.75 Å². The number of aromatic hydroxyl groups is 1. The van der Waals surface area contributed by atoms with Gasteiger partial charge in [-0.25, -0.2) is 0 Å². The van der Waals surface area contributed by atoms with Crippen LogP contribution >= 0.6 is 15.9 Å². The van der Waals surface area contributed by atoms with Gasteiger partial charge in [0, 0.05) is 29.2 Å². The Hall–Kier alpha value is -0.580. The lowest BCUT2D eigenvalue weighted by atomic mass is 10.0. The number of benzene rings is 1. The molecule has 0 spiro atoms. The predicted octanol–water partition coefficient (Wildman–Crippen LogP) is 3.32. The number of halogens is 1. The fourth-order valence-corrected chi connectivity index (χ4v) is 2.97. The smallest absolute Gasteiger partial charge is 0.120 e. The Morgan fingerprint density at radius 3 is 2.56 bits per heavy atom. The standard InChI is InChI=1S/C14H20BrNO2/c1-9-7-16(8-10(2)18-9)11(3)13-6-12(15)4-5-14(13)17/h4-6,9-11,17H,7-8H2,1-3H3/t9-,10+,11?. The van der Waals surface area contributed by atoms with E-state index in [1.807, 2.05) is 12.1 Å². The topological polar surface area (TPSA) is 32.7 Å². The van der Waals surface area contributed by atoms with Crippen molar-refractivity contribution in [2.75, 3.05) is 13.1 Å². The summed E-state index contributed by atoms with van der Waals surface area (Å²) in [5.41, 5.74) is 0.964. The molecule has 4 heteroatoms. The van der Waals surface area contributed by atoms with Gasteiger partial charge in [-0.3, -0.25) is 4.90 Å². The van der Waals surface area contributed by atoms with Crippen molar-refractivity contribution < 1.29 is 9.84 Å². The molecule has 1 aliphatic rings. The summed E-state index contributed by atoms with van der Waals surface area (Å²) in [7, 11) is 0. The minimum absolute atomic E-state index is 0.191. The molecule has 2 rings (SSSR count). The summed E-state index contributed by atoms with van der Waals surface area (Å²) in [6.45, 7) is 8.12. The van der Waals surface area contributed by atoms with Crippen molar-refractivity contribution in [1.29, 1.82) is 0 Å². The van der Waals surface area contributed by atoms with Gasteiger partial charge in [-0.15, -0.1) is 0 Å². The lowest BCUT2D eigenvalue weighted by molar-refractivity contribution is -0.0791. The van der Waals surface area contributed by atoms with Gasteiger partial charge in [-0.05, 0) is 39.0 Å². The van der Waals surface area contributed by atoms with E-state index in [0.717, 1.165) is 23.1 Å². The van der Waals surface area contributed by atoms with E-state index in [9.17, 15) is 5.11 Å². The summed E-state index contributed by atoms with van der Waals surface area (Å²) in [5.74, 6) is 0.359. The van der Waals surface area contributed by atoms with Gasteiger partial charge in [-0.1, -0.05) is 15.9 Å². The largest absolute Gasteiger partial charge is 0.508 e. The fraction of sp³-hybridized carbons (Fsp3) is 0.571. The summed E-state index contributed by atoms with van der Waals surface area (Å²) >= 11 is 3.46. The Kier molecular flexibility index (Phi) is 4.30. The number of nitrogens with zero attached hydrogens (tertiary/aromatic N) is 1. The first-order valence-electron chi connectivity index (χ1n) is 6.35. The van der Waals surface area contributed by atoms with Crippen LogP contribution < -0.4 is 0 Å². The van der Waals surface area contributed by atoms with E-state index < -0.39 is 0 Å². The maximum absolute atomic E-state index is 9.99. The second kappa shape index (κ2) is 5.59. The summed E-state index contributed by atoms with van der Waals surface area (Å²) < 4.78 is 6.74. The minimum atomic E-state index is 0.191. The number of hydrogen-bond acceptors (Lipinski definition) is 3. The maximum atomic E-state index is 9.99. The molecule has 1 fully saturated rings. The van der Waals surface area contributed by atoms with Crippen molar-refractivity contribution in [3.63, 3.8) is 0 Å². The van der Waals surface area contributed by atoms with Crippen LogP contribution in [0.1, 0.15) is 32.4 Å². The van der Waals surface area contributed by atoms with E-state index in [0.29, 0.717) is 5.75 Å². The van der Waals surface area contributed by atoms with Crippen LogP contribution in [-0.4, -0.2) is 35.3 Å². The van der Waals surface area contributed by atoms with Crippen molar-refractivity contribution in [3.05, 3.63) is 28.2 Å². The first kappa shape index (κ1) is 13.8. The second-order valence-electron chi connectivity index (χ2n) is 5.09. The second-order valence-corrected chi connectivity index (χ2v) is 6.01. The van der Waals surface area contributed by atoms with Crippen molar-refractivity contribution >= 4 is 15.9 Å². The third kappa shape index (κ3) is 3.05. The molecule has 3 atom stereocenters. The fourth-order valence-electron chi connectivity index (χ4n) is 2.59. The monoisotopic (exact) mass is 313 g/mol. The molecule has 1 aromatic rings. The number of morpholine rings is 1. The van der Waals surface area contributed by atoms with Crippen molar-refractivity contribution in [2.45, 2.75) is 39.0 Å². The molecule has 1 aromatic carbocycles. The average molecular weight is 314 g/mol. The van der Waals surface area contributed by atoms with E-state index in [4.69, 9.17) is 4.74 Å². The van der Waals surface area contributed by atoms with E-state index in [1.54, 1.807) is 6.07 Å². The first-order valence-corrected chi connectivity index (χ1v) is 7.14. The third-order valence-corrected chi connectivity index (χ3v) is 3.93. The van der Waals surface area contributed by atoms with Gasteiger partial charge in [-0.2, -0.15) is 0 Å². The molecule has 0 aliphatic carbocycles. The summed E-state index contributed by atoms with van der Waals surface area (Å²) in [6, 6.07) is 5.78. The molecule has 1 aliphatic heterocycles. The molecule has 100 valence electrons. The van der Waals surface area contributed by atoms with E-state index in [1.165, 1.54) is 0 Å². The Bertz CT molecular complexity index is 414. The van der Waals surface area contributed by atoms with Crippen molar-refractivity contribution in [3.8, 4) is 5.75 Å². The SMILES string of the molecule is CC(c1cc(Br)ccc1O)N1C[C@@H](C)O[C@@H](C)C1. The van der Waals surface area contributed by atoms with Crippen LogP contribution in [0, 0.1) is 0 Å². The van der Waals surface area contributed by atoms with Gasteiger partial charge in [0.1, 0.15) is 5.75 Å². The Morgan fingerprint density at radius 1 is 1.33 bits per heavy atom. The molecule has 18 heavy (non-hydrogen) atoms. The highest BCUT2D eigenvalue weighted by molar-refractivity contribution is 9.10. The Morgan fingerprint density at radius 2 is 1.94 bits per heavy atom. The number of phenolic OH excluding ortho intramolecular Hbond substituents is 1. The van der Waals surface area contributed by atoms with E-state index in [2.05, 4.69) is 41.6 Å². The number of hydrogen-bond donors (Lipinski definition) is 1. The molecule has 1 N–H and O–H groups in total. The first-order chi connectivity index (χ1) is 8.47. The normalized spacial score (nSPS) is 27.1. The van der Waals surface area contributed by atoms with Gasteiger partial charge in [0.15, 0.2) is 0 Å². The number of phenols is 1. The van der Waals surface area contributed by atoms with Crippen LogP contribution in [-0.2, 0) is 4.74 Å². The molecule has 0 radical (unpaired) electrons. The highest BCUT2D eigenvalue weighted by Crippen LogP contribution is 2.32. The lowest BCUT2D eigenvalue weighted by Crippen LogP contribution is -2.46.